The summed E-state index contributed by atoms with van der Waals surface area (Å²) < 4.78 is 26.8. The molecule has 1 aliphatic rings. The van der Waals surface area contributed by atoms with Crippen LogP contribution in [-0.2, 0) is 21.2 Å². The fraction of sp³-hybridized carbons (Fsp3) is 0.350. The van der Waals surface area contributed by atoms with Crippen LogP contribution in [0.25, 0.3) is 0 Å². The predicted octanol–water partition coefficient (Wildman–Crippen LogP) is 2.37. The molecule has 0 bridgehead atoms. The van der Waals surface area contributed by atoms with Crippen LogP contribution in [-0.4, -0.2) is 27.4 Å². The molecule has 1 atom stereocenters. The molecule has 3 rings (SSSR count). The van der Waals surface area contributed by atoms with Crippen LogP contribution in [0.5, 0.6) is 0 Å². The van der Waals surface area contributed by atoms with Gasteiger partial charge in [0.1, 0.15) is 0 Å². The van der Waals surface area contributed by atoms with E-state index in [0.29, 0.717) is 12.1 Å². The molecular formula is C20H25N3O3S. The molecule has 6 nitrogen and oxygen atoms in total. The van der Waals surface area contributed by atoms with Crippen molar-refractivity contribution in [2.24, 2.45) is 5.73 Å². The van der Waals surface area contributed by atoms with Gasteiger partial charge in [-0.1, -0.05) is 30.3 Å². The average molecular weight is 388 g/mol. The van der Waals surface area contributed by atoms with Gasteiger partial charge in [0.15, 0.2) is 0 Å². The number of hydrogen-bond acceptors (Lipinski definition) is 4. The molecule has 0 fully saturated rings. The summed E-state index contributed by atoms with van der Waals surface area (Å²) in [5.41, 5.74) is 8.39. The van der Waals surface area contributed by atoms with Gasteiger partial charge in [-0.2, -0.15) is 0 Å². The standard InChI is InChI=1S/C20H25N3O3S/c21-11-12-22-27(25,26)18-9-4-8-17(14-18)23-20(24)13-16-7-3-6-15-5-1-2-10-19(15)16/h1-2,4-5,8-10,14,16,22H,3,6-7,11-13,21H2,(H,23,24). The Balaban J connectivity index is 1.68. The normalized spacial score (nSPS) is 16.6. The van der Waals surface area contributed by atoms with Crippen LogP contribution in [0.1, 0.15) is 36.3 Å². The highest BCUT2D eigenvalue weighted by atomic mass is 32.2. The van der Waals surface area contributed by atoms with Gasteiger partial charge in [0.2, 0.25) is 15.9 Å². The van der Waals surface area contributed by atoms with E-state index < -0.39 is 10.0 Å². The number of hydrogen-bond donors (Lipinski definition) is 3. The molecule has 0 radical (unpaired) electrons. The molecule has 0 heterocycles. The van der Waals surface area contributed by atoms with Crippen molar-refractivity contribution >= 4 is 21.6 Å². The van der Waals surface area contributed by atoms with Crippen molar-refractivity contribution in [3.63, 3.8) is 0 Å². The molecule has 0 saturated carbocycles. The fourth-order valence-electron chi connectivity index (χ4n) is 3.52. The molecule has 2 aromatic carbocycles. The smallest absolute Gasteiger partial charge is 0.240 e. The van der Waals surface area contributed by atoms with Gasteiger partial charge in [-0.25, -0.2) is 13.1 Å². The van der Waals surface area contributed by atoms with Crippen LogP contribution in [0, 0.1) is 0 Å². The number of amides is 1. The summed E-state index contributed by atoms with van der Waals surface area (Å²) in [5, 5.41) is 2.83. The van der Waals surface area contributed by atoms with E-state index >= 15 is 0 Å². The Morgan fingerprint density at radius 2 is 1.96 bits per heavy atom. The van der Waals surface area contributed by atoms with Crippen LogP contribution in [0.4, 0.5) is 5.69 Å². The summed E-state index contributed by atoms with van der Waals surface area (Å²) in [6.45, 7) is 0.387. The minimum absolute atomic E-state index is 0.108. The van der Waals surface area contributed by atoms with E-state index in [9.17, 15) is 13.2 Å². The SMILES string of the molecule is NCCNS(=O)(=O)c1cccc(NC(=O)CC2CCCc3ccccc32)c1. The topological polar surface area (TPSA) is 101 Å². The van der Waals surface area contributed by atoms with Crippen LogP contribution < -0.4 is 15.8 Å². The number of rotatable bonds is 7. The molecule has 0 spiro atoms. The molecule has 1 amide bonds. The van der Waals surface area contributed by atoms with E-state index in [2.05, 4.69) is 22.2 Å². The maximum atomic E-state index is 12.5. The summed E-state index contributed by atoms with van der Waals surface area (Å²) >= 11 is 0. The number of carbonyl (C=O) groups is 1. The quantitative estimate of drug-likeness (QED) is 0.679. The zero-order valence-electron chi connectivity index (χ0n) is 15.1. The van der Waals surface area contributed by atoms with Gasteiger partial charge in [0.25, 0.3) is 0 Å². The van der Waals surface area contributed by atoms with Gasteiger partial charge in [0, 0.05) is 25.2 Å². The lowest BCUT2D eigenvalue weighted by Crippen LogP contribution is -2.29. The first-order valence-electron chi connectivity index (χ1n) is 9.17. The summed E-state index contributed by atoms with van der Waals surface area (Å²) in [7, 11) is -3.63. The zero-order chi connectivity index (χ0) is 19.3. The number of anilines is 1. The number of sulfonamides is 1. The molecule has 0 aromatic heterocycles. The number of benzene rings is 2. The Morgan fingerprint density at radius 1 is 1.15 bits per heavy atom. The highest BCUT2D eigenvalue weighted by Crippen LogP contribution is 2.34. The number of fused-ring (bicyclic) bond motifs is 1. The van der Waals surface area contributed by atoms with Crippen molar-refractivity contribution in [2.75, 3.05) is 18.4 Å². The first-order valence-corrected chi connectivity index (χ1v) is 10.7. The van der Waals surface area contributed by atoms with Gasteiger partial charge in [-0.3, -0.25) is 4.79 Å². The van der Waals surface area contributed by atoms with Gasteiger partial charge >= 0.3 is 0 Å². The maximum absolute atomic E-state index is 12.5. The minimum Gasteiger partial charge on any atom is -0.329 e. The van der Waals surface area contributed by atoms with Crippen molar-refractivity contribution in [1.82, 2.24) is 4.72 Å². The van der Waals surface area contributed by atoms with E-state index in [0.717, 1.165) is 19.3 Å². The molecule has 0 saturated heterocycles. The Morgan fingerprint density at radius 3 is 2.78 bits per heavy atom. The monoisotopic (exact) mass is 387 g/mol. The molecule has 0 aliphatic heterocycles. The highest BCUT2D eigenvalue weighted by molar-refractivity contribution is 7.89. The van der Waals surface area contributed by atoms with Gasteiger partial charge in [-0.05, 0) is 54.5 Å². The van der Waals surface area contributed by atoms with Gasteiger partial charge in [0.05, 0.1) is 4.90 Å². The average Bonchev–Trinajstić information content (AvgIpc) is 2.67. The first-order chi connectivity index (χ1) is 13.0. The fourth-order valence-corrected chi connectivity index (χ4v) is 4.61. The second-order valence-electron chi connectivity index (χ2n) is 6.75. The van der Waals surface area contributed by atoms with Crippen LogP contribution in [0.3, 0.4) is 0 Å². The summed E-state index contributed by atoms with van der Waals surface area (Å²) in [5.74, 6) is 0.0919. The molecule has 1 aliphatic carbocycles. The molecule has 2 aromatic rings. The van der Waals surface area contributed by atoms with Gasteiger partial charge < -0.3 is 11.1 Å². The van der Waals surface area contributed by atoms with Crippen molar-refractivity contribution in [3.05, 3.63) is 59.7 Å². The van der Waals surface area contributed by atoms with Crippen molar-refractivity contribution in [2.45, 2.75) is 36.5 Å². The first kappa shape index (κ1) is 19.5. The second-order valence-corrected chi connectivity index (χ2v) is 8.52. The molecule has 27 heavy (non-hydrogen) atoms. The van der Waals surface area contributed by atoms with E-state index in [1.54, 1.807) is 12.1 Å². The number of aryl methyl sites for hydroxylation is 1. The molecular weight excluding hydrogens is 362 g/mol. The van der Waals surface area contributed by atoms with Gasteiger partial charge in [-0.15, -0.1) is 0 Å². The van der Waals surface area contributed by atoms with Crippen LogP contribution >= 0.6 is 0 Å². The van der Waals surface area contributed by atoms with Crippen molar-refractivity contribution in [3.8, 4) is 0 Å². The van der Waals surface area contributed by atoms with Crippen molar-refractivity contribution < 1.29 is 13.2 Å². The lowest BCUT2D eigenvalue weighted by Gasteiger charge is -2.25. The number of carbonyl (C=O) groups excluding carboxylic acids is 1. The van der Waals surface area contributed by atoms with Crippen LogP contribution in [0.15, 0.2) is 53.4 Å². The molecule has 1 unspecified atom stereocenters. The molecule has 144 valence electrons. The van der Waals surface area contributed by atoms with Crippen LogP contribution in [0.2, 0.25) is 0 Å². The Kier molecular flexibility index (Phi) is 6.26. The van der Waals surface area contributed by atoms with E-state index in [-0.39, 0.29) is 29.8 Å². The third-order valence-corrected chi connectivity index (χ3v) is 6.25. The molecule has 4 N–H and O–H groups in total. The zero-order valence-corrected chi connectivity index (χ0v) is 16.0. The number of nitrogens with one attached hydrogen (secondary N) is 2. The predicted molar refractivity (Wildman–Crippen MR) is 106 cm³/mol. The van der Waals surface area contributed by atoms with E-state index in [1.165, 1.54) is 23.3 Å². The highest BCUT2D eigenvalue weighted by Gasteiger charge is 2.22. The third-order valence-electron chi connectivity index (χ3n) is 4.79. The maximum Gasteiger partial charge on any atom is 0.240 e. The summed E-state index contributed by atoms with van der Waals surface area (Å²) in [4.78, 5) is 12.6. The number of nitrogens with two attached hydrogens (primary N) is 1. The largest absolute Gasteiger partial charge is 0.329 e. The molecule has 7 heteroatoms. The van der Waals surface area contributed by atoms with E-state index in [1.807, 2.05) is 12.1 Å². The lowest BCUT2D eigenvalue weighted by molar-refractivity contribution is -0.116. The Hall–Kier alpha value is -2.22. The third kappa shape index (κ3) is 4.94. The second kappa shape index (κ2) is 8.65. The van der Waals surface area contributed by atoms with Crippen molar-refractivity contribution in [1.29, 1.82) is 0 Å². The van der Waals surface area contributed by atoms with E-state index in [4.69, 9.17) is 5.73 Å². The lowest BCUT2D eigenvalue weighted by atomic mass is 9.81. The Bertz CT molecular complexity index is 912. The minimum atomic E-state index is -3.63. The Labute approximate surface area is 160 Å². The summed E-state index contributed by atoms with van der Waals surface area (Å²) in [6.07, 6.45) is 3.51. The summed E-state index contributed by atoms with van der Waals surface area (Å²) in [6, 6.07) is 14.5.